The first-order valence-corrected chi connectivity index (χ1v) is 8.48. The molecular formula is C17H20N2O2S. The number of benzene rings is 1. The highest BCUT2D eigenvalue weighted by Gasteiger charge is 2.18. The van der Waals surface area contributed by atoms with Crippen molar-refractivity contribution in [1.82, 2.24) is 10.3 Å². The Balaban J connectivity index is 1.61. The quantitative estimate of drug-likeness (QED) is 0.919. The summed E-state index contributed by atoms with van der Waals surface area (Å²) in [6.45, 7) is 3.40. The van der Waals surface area contributed by atoms with Crippen LogP contribution >= 0.6 is 11.3 Å². The minimum Gasteiger partial charge on any atom is -0.378 e. The number of ether oxygens (including phenoxy) is 1. The first-order chi connectivity index (χ1) is 10.7. The molecular weight excluding hydrogens is 296 g/mol. The van der Waals surface area contributed by atoms with Gasteiger partial charge in [0.1, 0.15) is 9.88 Å². The zero-order chi connectivity index (χ0) is 15.4. The molecule has 0 bridgehead atoms. The molecule has 0 aliphatic carbocycles. The van der Waals surface area contributed by atoms with Crippen LogP contribution in [0.2, 0.25) is 0 Å². The number of thiazole rings is 1. The van der Waals surface area contributed by atoms with E-state index < -0.39 is 0 Å². The fourth-order valence-electron chi connectivity index (χ4n) is 2.61. The molecule has 3 rings (SSSR count). The van der Waals surface area contributed by atoms with Crippen LogP contribution in [0, 0.1) is 6.92 Å². The van der Waals surface area contributed by atoms with Gasteiger partial charge in [-0.1, -0.05) is 30.3 Å². The lowest BCUT2D eigenvalue weighted by Gasteiger charge is -2.09. The highest BCUT2D eigenvalue weighted by Crippen LogP contribution is 2.27. The third kappa shape index (κ3) is 3.54. The Hall–Kier alpha value is -1.72. The lowest BCUT2D eigenvalue weighted by atomic mass is 10.2. The maximum Gasteiger partial charge on any atom is 0.263 e. The summed E-state index contributed by atoms with van der Waals surface area (Å²) in [6, 6.07) is 9.96. The molecule has 1 aliphatic heterocycles. The van der Waals surface area contributed by atoms with E-state index in [1.807, 2.05) is 37.3 Å². The third-order valence-electron chi connectivity index (χ3n) is 3.80. The number of aromatic nitrogens is 1. The molecule has 1 N–H and O–H groups in total. The molecule has 4 nitrogen and oxygen atoms in total. The average molecular weight is 316 g/mol. The van der Waals surface area contributed by atoms with Gasteiger partial charge in [-0.2, -0.15) is 0 Å². The van der Waals surface area contributed by atoms with Crippen molar-refractivity contribution in [3.8, 4) is 10.6 Å². The van der Waals surface area contributed by atoms with Gasteiger partial charge in [-0.05, 0) is 26.2 Å². The van der Waals surface area contributed by atoms with Crippen LogP contribution in [0.5, 0.6) is 0 Å². The monoisotopic (exact) mass is 316 g/mol. The summed E-state index contributed by atoms with van der Waals surface area (Å²) in [5, 5.41) is 3.87. The van der Waals surface area contributed by atoms with Gasteiger partial charge in [-0.25, -0.2) is 4.98 Å². The van der Waals surface area contributed by atoms with Crippen LogP contribution < -0.4 is 5.32 Å². The number of carbonyl (C=O) groups is 1. The maximum absolute atomic E-state index is 12.3. The number of rotatable bonds is 5. The zero-order valence-electron chi connectivity index (χ0n) is 12.7. The van der Waals surface area contributed by atoms with Crippen LogP contribution in [0.15, 0.2) is 30.3 Å². The fourth-order valence-corrected chi connectivity index (χ4v) is 3.60. The van der Waals surface area contributed by atoms with Gasteiger partial charge in [-0.3, -0.25) is 4.79 Å². The number of hydrogen-bond donors (Lipinski definition) is 1. The van der Waals surface area contributed by atoms with Gasteiger partial charge in [-0.15, -0.1) is 11.3 Å². The zero-order valence-corrected chi connectivity index (χ0v) is 13.5. The van der Waals surface area contributed by atoms with Crippen molar-refractivity contribution in [3.63, 3.8) is 0 Å². The Bertz CT molecular complexity index is 633. The Kier molecular flexibility index (Phi) is 4.85. The van der Waals surface area contributed by atoms with Gasteiger partial charge >= 0.3 is 0 Å². The van der Waals surface area contributed by atoms with Crippen LogP contribution in [0.25, 0.3) is 10.6 Å². The molecule has 116 valence electrons. The molecule has 2 aromatic rings. The molecule has 1 atom stereocenters. The first kappa shape index (κ1) is 15.2. The second kappa shape index (κ2) is 7.03. The molecule has 1 aromatic carbocycles. The Labute approximate surface area is 134 Å². The summed E-state index contributed by atoms with van der Waals surface area (Å²) in [5.41, 5.74) is 1.84. The SMILES string of the molecule is Cc1nc(-c2ccccc2)sc1C(=O)NCCC1CCCO1. The molecule has 0 spiro atoms. The second-order valence-electron chi connectivity index (χ2n) is 5.48. The Morgan fingerprint density at radius 1 is 1.41 bits per heavy atom. The van der Waals surface area contributed by atoms with E-state index in [9.17, 15) is 4.79 Å². The maximum atomic E-state index is 12.3. The lowest BCUT2D eigenvalue weighted by molar-refractivity contribution is 0.0910. The smallest absolute Gasteiger partial charge is 0.263 e. The highest BCUT2D eigenvalue weighted by molar-refractivity contribution is 7.17. The summed E-state index contributed by atoms with van der Waals surface area (Å²) < 4.78 is 5.57. The number of nitrogens with one attached hydrogen (secondary N) is 1. The van der Waals surface area contributed by atoms with Crippen molar-refractivity contribution in [1.29, 1.82) is 0 Å². The molecule has 1 amide bonds. The van der Waals surface area contributed by atoms with E-state index in [-0.39, 0.29) is 5.91 Å². The molecule has 1 fully saturated rings. The van der Waals surface area contributed by atoms with Crippen molar-refractivity contribution >= 4 is 17.2 Å². The summed E-state index contributed by atoms with van der Waals surface area (Å²) in [4.78, 5) is 17.5. The standard InChI is InChI=1S/C17H20N2O2S/c1-12-15(16(20)18-10-9-14-8-5-11-21-14)22-17(19-12)13-6-3-2-4-7-13/h2-4,6-7,14H,5,8-11H2,1H3,(H,18,20). The predicted octanol–water partition coefficient (Wildman–Crippen LogP) is 3.42. The summed E-state index contributed by atoms with van der Waals surface area (Å²) in [6.07, 6.45) is 3.43. The van der Waals surface area contributed by atoms with Crippen LogP contribution in [0.3, 0.4) is 0 Å². The second-order valence-corrected chi connectivity index (χ2v) is 6.48. The summed E-state index contributed by atoms with van der Waals surface area (Å²) in [5.74, 6) is -0.0322. The van der Waals surface area contributed by atoms with Crippen LogP contribution in [-0.4, -0.2) is 30.1 Å². The van der Waals surface area contributed by atoms with Crippen molar-refractivity contribution in [2.24, 2.45) is 0 Å². The van der Waals surface area contributed by atoms with E-state index in [0.29, 0.717) is 17.5 Å². The molecule has 1 unspecified atom stereocenters. The fraction of sp³-hybridized carbons (Fsp3) is 0.412. The van der Waals surface area contributed by atoms with Gasteiger partial charge < -0.3 is 10.1 Å². The topological polar surface area (TPSA) is 51.2 Å². The average Bonchev–Trinajstić information content (AvgIpc) is 3.17. The summed E-state index contributed by atoms with van der Waals surface area (Å²) >= 11 is 1.45. The van der Waals surface area contributed by atoms with E-state index in [0.717, 1.165) is 42.1 Å². The lowest BCUT2D eigenvalue weighted by Crippen LogP contribution is -2.26. The Morgan fingerprint density at radius 2 is 2.23 bits per heavy atom. The number of carbonyl (C=O) groups excluding carboxylic acids is 1. The largest absolute Gasteiger partial charge is 0.378 e. The predicted molar refractivity (Wildman–Crippen MR) is 88.2 cm³/mol. The van der Waals surface area contributed by atoms with E-state index >= 15 is 0 Å². The van der Waals surface area contributed by atoms with Crippen LogP contribution in [0.1, 0.15) is 34.6 Å². The van der Waals surface area contributed by atoms with Gasteiger partial charge in [0.25, 0.3) is 5.91 Å². The molecule has 22 heavy (non-hydrogen) atoms. The van der Waals surface area contributed by atoms with Gasteiger partial charge in [0.15, 0.2) is 0 Å². The van der Waals surface area contributed by atoms with E-state index in [1.165, 1.54) is 11.3 Å². The number of nitrogens with zero attached hydrogens (tertiary/aromatic N) is 1. The molecule has 1 saturated heterocycles. The minimum atomic E-state index is -0.0322. The van der Waals surface area contributed by atoms with Gasteiger partial charge in [0.05, 0.1) is 11.8 Å². The first-order valence-electron chi connectivity index (χ1n) is 7.66. The molecule has 5 heteroatoms. The molecule has 2 heterocycles. The molecule has 0 radical (unpaired) electrons. The van der Waals surface area contributed by atoms with Crippen LogP contribution in [-0.2, 0) is 4.74 Å². The van der Waals surface area contributed by atoms with Gasteiger partial charge in [0, 0.05) is 18.7 Å². The number of hydrogen-bond acceptors (Lipinski definition) is 4. The number of aryl methyl sites for hydroxylation is 1. The van der Waals surface area contributed by atoms with Crippen LogP contribution in [0.4, 0.5) is 0 Å². The number of amides is 1. The highest BCUT2D eigenvalue weighted by atomic mass is 32.1. The minimum absolute atomic E-state index is 0.0322. The van der Waals surface area contributed by atoms with Crippen molar-refractivity contribution in [3.05, 3.63) is 40.9 Å². The van der Waals surface area contributed by atoms with E-state index in [2.05, 4.69) is 10.3 Å². The third-order valence-corrected chi connectivity index (χ3v) is 5.00. The van der Waals surface area contributed by atoms with Gasteiger partial charge in [0.2, 0.25) is 0 Å². The van der Waals surface area contributed by atoms with E-state index in [4.69, 9.17) is 4.74 Å². The van der Waals surface area contributed by atoms with Crippen molar-refractivity contribution in [2.75, 3.05) is 13.2 Å². The normalized spacial score (nSPS) is 17.6. The van der Waals surface area contributed by atoms with Crippen molar-refractivity contribution < 1.29 is 9.53 Å². The van der Waals surface area contributed by atoms with E-state index in [1.54, 1.807) is 0 Å². The molecule has 1 aromatic heterocycles. The van der Waals surface area contributed by atoms with Crippen molar-refractivity contribution in [2.45, 2.75) is 32.3 Å². The Morgan fingerprint density at radius 3 is 2.95 bits per heavy atom. The molecule has 0 saturated carbocycles. The summed E-state index contributed by atoms with van der Waals surface area (Å²) in [7, 11) is 0. The molecule has 1 aliphatic rings.